The molecule has 1 saturated carbocycles. The maximum absolute atomic E-state index is 10.1. The maximum Gasteiger partial charge on any atom is 0.133 e. The summed E-state index contributed by atoms with van der Waals surface area (Å²) in [4.78, 5) is 9.10. The van der Waals surface area contributed by atoms with Crippen LogP contribution in [-0.2, 0) is 4.74 Å². The van der Waals surface area contributed by atoms with Gasteiger partial charge in [0.25, 0.3) is 0 Å². The molecule has 1 aliphatic carbocycles. The lowest BCUT2D eigenvalue weighted by Gasteiger charge is -2.37. The molecule has 154 valence electrons. The molecule has 7 heteroatoms. The minimum Gasteiger partial charge on any atom is -0.490 e. The van der Waals surface area contributed by atoms with Gasteiger partial charge in [-0.25, -0.2) is 9.98 Å². The van der Waals surface area contributed by atoms with Crippen molar-refractivity contribution in [2.45, 2.75) is 50.6 Å². The zero-order valence-corrected chi connectivity index (χ0v) is 16.8. The number of allylic oxidation sites excluding steroid dienone is 1. The standard InChI is InChI=1S/C22H28N4O3/c1-22(2,27)11-29-18-10-28-17-6-4-3-5-14(17)19(18)26-21-15-9-16(13-7-8-13)25-20(15)23-12-24-21/h3-6,9,12-13,15,18-20,25,27H,7-8,10-11H2,1-2H3,(H,23,24,26)/t15?,18-,19-,20?/m0/s1. The first-order chi connectivity index (χ1) is 14.0. The first-order valence-electron chi connectivity index (χ1n) is 10.4. The summed E-state index contributed by atoms with van der Waals surface area (Å²) in [6.45, 7) is 4.14. The van der Waals surface area contributed by atoms with Crippen molar-refractivity contribution in [1.29, 1.82) is 0 Å². The first kappa shape index (κ1) is 18.6. The topological polar surface area (TPSA) is 87.5 Å². The zero-order chi connectivity index (χ0) is 20.0. The summed E-state index contributed by atoms with van der Waals surface area (Å²) in [5.74, 6) is 2.50. The third kappa shape index (κ3) is 3.89. The van der Waals surface area contributed by atoms with Gasteiger partial charge in [-0.15, -0.1) is 0 Å². The van der Waals surface area contributed by atoms with Crippen LogP contribution in [0.15, 0.2) is 46.0 Å². The van der Waals surface area contributed by atoms with E-state index in [1.807, 2.05) is 18.2 Å². The summed E-state index contributed by atoms with van der Waals surface area (Å²) < 4.78 is 12.0. The van der Waals surface area contributed by atoms with Gasteiger partial charge in [-0.3, -0.25) is 0 Å². The Bertz CT molecular complexity index is 869. The highest BCUT2D eigenvalue weighted by molar-refractivity contribution is 5.95. The van der Waals surface area contributed by atoms with Gasteiger partial charge < -0.3 is 25.2 Å². The van der Waals surface area contributed by atoms with Crippen molar-refractivity contribution >= 4 is 12.2 Å². The van der Waals surface area contributed by atoms with E-state index in [4.69, 9.17) is 9.47 Å². The Hall–Kier alpha value is -2.38. The number of hydrogen-bond donors (Lipinski definition) is 3. The van der Waals surface area contributed by atoms with Crippen LogP contribution in [0.5, 0.6) is 5.75 Å². The Balaban J connectivity index is 1.40. The number of benzene rings is 1. The predicted octanol–water partition coefficient (Wildman–Crippen LogP) is 2.15. The number of nitrogens with zero attached hydrogens (tertiary/aromatic N) is 2. The SMILES string of the molecule is CC(C)(O)CO[C@H]1COc2ccccc2[C@@H]1NC1=NC=NC2NC(C3CC3)=CC12. The Morgan fingerprint density at radius 3 is 2.93 bits per heavy atom. The molecule has 3 N–H and O–H groups in total. The van der Waals surface area contributed by atoms with E-state index in [2.05, 4.69) is 32.8 Å². The number of ether oxygens (including phenoxy) is 2. The number of amidine groups is 1. The number of aliphatic hydroxyl groups is 1. The molecule has 0 aromatic heterocycles. The normalized spacial score (nSPS) is 30.4. The summed E-state index contributed by atoms with van der Waals surface area (Å²) in [5.41, 5.74) is 1.44. The summed E-state index contributed by atoms with van der Waals surface area (Å²) in [6, 6.07) is 7.89. The van der Waals surface area contributed by atoms with Gasteiger partial charge >= 0.3 is 0 Å². The molecular formula is C22H28N4O3. The van der Waals surface area contributed by atoms with E-state index >= 15 is 0 Å². The van der Waals surface area contributed by atoms with Gasteiger partial charge in [-0.1, -0.05) is 24.3 Å². The minimum atomic E-state index is -0.904. The summed E-state index contributed by atoms with van der Waals surface area (Å²) in [7, 11) is 0. The van der Waals surface area contributed by atoms with Gasteiger partial charge in [0, 0.05) is 11.3 Å². The lowest BCUT2D eigenvalue weighted by Crippen LogP contribution is -2.48. The molecule has 29 heavy (non-hydrogen) atoms. The molecule has 0 amide bonds. The lowest BCUT2D eigenvalue weighted by atomic mass is 9.96. The van der Waals surface area contributed by atoms with Crippen molar-refractivity contribution in [1.82, 2.24) is 10.6 Å². The number of para-hydroxylation sites is 1. The van der Waals surface area contributed by atoms with Gasteiger partial charge in [0.05, 0.1) is 24.2 Å². The largest absolute Gasteiger partial charge is 0.490 e. The molecule has 4 atom stereocenters. The number of fused-ring (bicyclic) bond motifs is 2. The molecule has 1 fully saturated rings. The van der Waals surface area contributed by atoms with Crippen molar-refractivity contribution in [2.75, 3.05) is 13.2 Å². The first-order valence-corrected chi connectivity index (χ1v) is 10.4. The molecule has 0 saturated heterocycles. The molecule has 1 aromatic carbocycles. The predicted molar refractivity (Wildman–Crippen MR) is 111 cm³/mol. The molecule has 2 unspecified atom stereocenters. The zero-order valence-electron chi connectivity index (χ0n) is 16.8. The highest BCUT2D eigenvalue weighted by Gasteiger charge is 2.40. The molecule has 0 spiro atoms. The highest BCUT2D eigenvalue weighted by Crippen LogP contribution is 2.40. The van der Waals surface area contributed by atoms with Crippen molar-refractivity contribution in [2.24, 2.45) is 21.8 Å². The number of aliphatic imine (C=N–C) groups is 2. The van der Waals surface area contributed by atoms with E-state index in [0.717, 1.165) is 17.1 Å². The van der Waals surface area contributed by atoms with E-state index in [-0.39, 0.29) is 30.8 Å². The third-order valence-corrected chi connectivity index (χ3v) is 5.75. The second-order valence-electron chi connectivity index (χ2n) is 8.92. The molecule has 5 rings (SSSR count). The van der Waals surface area contributed by atoms with Crippen LogP contribution >= 0.6 is 0 Å². The van der Waals surface area contributed by atoms with Gasteiger partial charge in [-0.2, -0.15) is 0 Å². The highest BCUT2D eigenvalue weighted by atomic mass is 16.5. The lowest BCUT2D eigenvalue weighted by molar-refractivity contribution is -0.0793. The second-order valence-corrected chi connectivity index (χ2v) is 8.92. The van der Waals surface area contributed by atoms with Crippen LogP contribution in [0.1, 0.15) is 38.3 Å². The molecule has 0 radical (unpaired) electrons. The molecule has 3 aliphatic heterocycles. The van der Waals surface area contributed by atoms with Crippen LogP contribution in [0.3, 0.4) is 0 Å². The van der Waals surface area contributed by atoms with Gasteiger partial charge in [0.1, 0.15) is 36.8 Å². The molecule has 1 aromatic rings. The van der Waals surface area contributed by atoms with Crippen LogP contribution < -0.4 is 15.4 Å². The molecule has 3 heterocycles. The Morgan fingerprint density at radius 2 is 2.14 bits per heavy atom. The third-order valence-electron chi connectivity index (χ3n) is 5.75. The smallest absolute Gasteiger partial charge is 0.133 e. The minimum absolute atomic E-state index is 0.0106. The average Bonchev–Trinajstić information content (AvgIpc) is 3.45. The number of nitrogens with one attached hydrogen (secondary N) is 2. The molecular weight excluding hydrogens is 368 g/mol. The van der Waals surface area contributed by atoms with Crippen LogP contribution in [0.25, 0.3) is 0 Å². The van der Waals surface area contributed by atoms with E-state index in [1.54, 1.807) is 20.2 Å². The fourth-order valence-corrected chi connectivity index (χ4v) is 4.11. The van der Waals surface area contributed by atoms with E-state index in [0.29, 0.717) is 12.5 Å². The molecule has 7 nitrogen and oxygen atoms in total. The van der Waals surface area contributed by atoms with Crippen LogP contribution in [-0.4, -0.2) is 48.4 Å². The maximum atomic E-state index is 10.1. The van der Waals surface area contributed by atoms with Crippen molar-refractivity contribution in [3.63, 3.8) is 0 Å². The molecule has 0 bridgehead atoms. The Labute approximate surface area is 170 Å². The Morgan fingerprint density at radius 1 is 1.31 bits per heavy atom. The summed E-state index contributed by atoms with van der Waals surface area (Å²) >= 11 is 0. The Kier molecular flexibility index (Phi) is 4.59. The van der Waals surface area contributed by atoms with Crippen LogP contribution in [0, 0.1) is 11.8 Å². The summed E-state index contributed by atoms with van der Waals surface area (Å²) in [6.07, 6.45) is 6.19. The quantitative estimate of drug-likeness (QED) is 0.710. The van der Waals surface area contributed by atoms with E-state index in [1.165, 1.54) is 18.5 Å². The average molecular weight is 396 g/mol. The van der Waals surface area contributed by atoms with Gasteiger partial charge in [-0.05, 0) is 38.7 Å². The fraction of sp³-hybridized carbons (Fsp3) is 0.545. The van der Waals surface area contributed by atoms with Gasteiger partial charge in [0.2, 0.25) is 0 Å². The second kappa shape index (κ2) is 7.15. The number of hydrogen-bond acceptors (Lipinski definition) is 7. The summed E-state index contributed by atoms with van der Waals surface area (Å²) in [5, 5.41) is 17.3. The van der Waals surface area contributed by atoms with Crippen LogP contribution in [0.2, 0.25) is 0 Å². The molecule has 4 aliphatic rings. The van der Waals surface area contributed by atoms with E-state index in [9.17, 15) is 5.11 Å². The monoisotopic (exact) mass is 396 g/mol. The van der Waals surface area contributed by atoms with Crippen LogP contribution in [0.4, 0.5) is 0 Å². The van der Waals surface area contributed by atoms with Crippen molar-refractivity contribution in [3.05, 3.63) is 41.6 Å². The van der Waals surface area contributed by atoms with Crippen molar-refractivity contribution < 1.29 is 14.6 Å². The number of rotatable bonds is 5. The fourth-order valence-electron chi connectivity index (χ4n) is 4.11. The van der Waals surface area contributed by atoms with Gasteiger partial charge in [0.15, 0.2) is 0 Å². The van der Waals surface area contributed by atoms with Crippen molar-refractivity contribution in [3.8, 4) is 5.75 Å². The van der Waals surface area contributed by atoms with E-state index < -0.39 is 5.60 Å².